The number of likely N-dealkylation sites (tertiary alicyclic amines) is 1. The number of hydrogen-bond donors (Lipinski definition) is 1. The number of aromatic nitrogens is 2. The van der Waals surface area contributed by atoms with Crippen molar-refractivity contribution in [1.29, 1.82) is 0 Å². The van der Waals surface area contributed by atoms with Gasteiger partial charge in [-0.05, 0) is 43.5 Å². The summed E-state index contributed by atoms with van der Waals surface area (Å²) < 4.78 is 0. The molecule has 4 rings (SSSR count). The molecule has 0 saturated carbocycles. The van der Waals surface area contributed by atoms with E-state index in [1.807, 2.05) is 66.4 Å². The number of nitrogens with one attached hydrogen (secondary N) is 1. The minimum atomic E-state index is -0.261. The second-order valence-corrected chi connectivity index (χ2v) is 8.18. The second-order valence-electron chi connectivity index (χ2n) is 7.17. The molecule has 7 heteroatoms. The topological polar surface area (TPSA) is 75.2 Å². The van der Waals surface area contributed by atoms with Crippen molar-refractivity contribution in [2.45, 2.75) is 25.7 Å². The monoisotopic (exact) mass is 406 g/mol. The maximum atomic E-state index is 12.9. The third-order valence-electron chi connectivity index (χ3n) is 5.10. The van der Waals surface area contributed by atoms with E-state index in [2.05, 4.69) is 15.5 Å². The molecule has 148 valence electrons. The number of anilines is 1. The largest absolute Gasteiger partial charge is 0.338 e. The standard InChI is InChI=1S/C22H22N4O2S/c1-15-8-5-6-12-18(15)22(28)26-13-7-9-16(14-26)20-24-25-21(29-20)19(27)23-17-10-3-2-4-11-17/h2-6,8,10-12,16H,7,9,13-14H2,1H3,(H,23,27). The van der Waals surface area contributed by atoms with Crippen LogP contribution in [0.1, 0.15) is 49.5 Å². The molecule has 1 unspecified atom stereocenters. The second kappa shape index (κ2) is 8.53. The van der Waals surface area contributed by atoms with Crippen molar-refractivity contribution in [1.82, 2.24) is 15.1 Å². The van der Waals surface area contributed by atoms with Crippen molar-refractivity contribution in [2.24, 2.45) is 0 Å². The average Bonchev–Trinajstić information content (AvgIpc) is 3.25. The van der Waals surface area contributed by atoms with Crippen LogP contribution in [0.2, 0.25) is 0 Å². The van der Waals surface area contributed by atoms with Gasteiger partial charge in [0.05, 0.1) is 0 Å². The van der Waals surface area contributed by atoms with Crippen molar-refractivity contribution in [3.63, 3.8) is 0 Å². The van der Waals surface area contributed by atoms with E-state index in [0.29, 0.717) is 11.6 Å². The van der Waals surface area contributed by atoms with Crippen molar-refractivity contribution < 1.29 is 9.59 Å². The molecule has 0 aliphatic carbocycles. The molecule has 1 aliphatic heterocycles. The smallest absolute Gasteiger partial charge is 0.286 e. The van der Waals surface area contributed by atoms with Gasteiger partial charge in [0.25, 0.3) is 11.8 Å². The van der Waals surface area contributed by atoms with Crippen LogP contribution in [0, 0.1) is 6.92 Å². The Morgan fingerprint density at radius 2 is 1.83 bits per heavy atom. The van der Waals surface area contributed by atoms with Gasteiger partial charge in [-0.1, -0.05) is 47.7 Å². The number of hydrogen-bond acceptors (Lipinski definition) is 5. The highest BCUT2D eigenvalue weighted by atomic mass is 32.1. The molecular weight excluding hydrogens is 384 g/mol. The van der Waals surface area contributed by atoms with Crippen LogP contribution in [-0.2, 0) is 0 Å². The Kier molecular flexibility index (Phi) is 5.67. The zero-order valence-electron chi connectivity index (χ0n) is 16.2. The fourth-order valence-electron chi connectivity index (χ4n) is 3.54. The first-order valence-corrected chi connectivity index (χ1v) is 10.5. The van der Waals surface area contributed by atoms with Crippen LogP contribution in [0.3, 0.4) is 0 Å². The van der Waals surface area contributed by atoms with E-state index < -0.39 is 0 Å². The molecule has 6 nitrogen and oxygen atoms in total. The summed E-state index contributed by atoms with van der Waals surface area (Å²) in [6, 6.07) is 16.9. The Balaban J connectivity index is 1.44. The van der Waals surface area contributed by atoms with E-state index in [-0.39, 0.29) is 17.7 Å². The van der Waals surface area contributed by atoms with Crippen LogP contribution in [0.4, 0.5) is 5.69 Å². The number of carbonyl (C=O) groups excluding carboxylic acids is 2. The fraction of sp³-hybridized carbons (Fsp3) is 0.273. The van der Waals surface area contributed by atoms with E-state index in [9.17, 15) is 9.59 Å². The first-order chi connectivity index (χ1) is 14.1. The summed E-state index contributed by atoms with van der Waals surface area (Å²) in [5.41, 5.74) is 2.45. The van der Waals surface area contributed by atoms with Crippen LogP contribution < -0.4 is 5.32 Å². The molecule has 3 aromatic rings. The van der Waals surface area contributed by atoms with E-state index in [1.165, 1.54) is 11.3 Å². The Hall–Kier alpha value is -3.06. The van der Waals surface area contributed by atoms with Crippen LogP contribution in [0.25, 0.3) is 0 Å². The van der Waals surface area contributed by atoms with Gasteiger partial charge in [-0.25, -0.2) is 0 Å². The SMILES string of the molecule is Cc1ccccc1C(=O)N1CCCC(c2nnc(C(=O)Nc3ccccc3)s2)C1. The zero-order valence-corrected chi connectivity index (χ0v) is 17.0. The van der Waals surface area contributed by atoms with Crippen LogP contribution in [0.15, 0.2) is 54.6 Å². The fourth-order valence-corrected chi connectivity index (χ4v) is 4.41. The molecule has 0 bridgehead atoms. The van der Waals surface area contributed by atoms with Gasteiger partial charge in [0.1, 0.15) is 5.01 Å². The summed E-state index contributed by atoms with van der Waals surface area (Å²) in [7, 11) is 0. The number of piperidine rings is 1. The molecular formula is C22H22N4O2S. The molecule has 2 heterocycles. The molecule has 1 fully saturated rings. The number of nitrogens with zero attached hydrogens (tertiary/aromatic N) is 3. The third-order valence-corrected chi connectivity index (χ3v) is 6.18. The van der Waals surface area contributed by atoms with E-state index >= 15 is 0 Å². The number of aryl methyl sites for hydroxylation is 1. The van der Waals surface area contributed by atoms with Gasteiger partial charge in [-0.2, -0.15) is 0 Å². The maximum Gasteiger partial charge on any atom is 0.286 e. The average molecular weight is 407 g/mol. The molecule has 1 atom stereocenters. The zero-order chi connectivity index (χ0) is 20.2. The molecule has 1 saturated heterocycles. The lowest BCUT2D eigenvalue weighted by Gasteiger charge is -2.32. The molecule has 2 amide bonds. The number of amides is 2. The molecule has 29 heavy (non-hydrogen) atoms. The summed E-state index contributed by atoms with van der Waals surface area (Å²) in [4.78, 5) is 27.3. The van der Waals surface area contributed by atoms with E-state index in [1.54, 1.807) is 0 Å². The Bertz CT molecular complexity index is 1020. The van der Waals surface area contributed by atoms with Gasteiger partial charge in [0, 0.05) is 30.3 Å². The quantitative estimate of drug-likeness (QED) is 0.707. The normalized spacial score (nSPS) is 16.4. The van der Waals surface area contributed by atoms with Gasteiger partial charge in [0.2, 0.25) is 5.01 Å². The highest BCUT2D eigenvalue weighted by molar-refractivity contribution is 7.13. The van der Waals surface area contributed by atoms with Crippen LogP contribution in [-0.4, -0.2) is 40.0 Å². The number of carbonyl (C=O) groups is 2. The molecule has 1 aliphatic rings. The molecule has 2 aromatic carbocycles. The van der Waals surface area contributed by atoms with Gasteiger partial charge in [-0.3, -0.25) is 9.59 Å². The Morgan fingerprint density at radius 3 is 2.62 bits per heavy atom. The van der Waals surface area contributed by atoms with Crippen LogP contribution in [0.5, 0.6) is 0 Å². The van der Waals surface area contributed by atoms with Gasteiger partial charge in [-0.15, -0.1) is 10.2 Å². The highest BCUT2D eigenvalue weighted by Crippen LogP contribution is 2.30. The van der Waals surface area contributed by atoms with Gasteiger partial charge < -0.3 is 10.2 Å². The van der Waals surface area contributed by atoms with Gasteiger partial charge >= 0.3 is 0 Å². The summed E-state index contributed by atoms with van der Waals surface area (Å²) in [5.74, 6) is -0.101. The lowest BCUT2D eigenvalue weighted by molar-refractivity contribution is 0.0706. The summed E-state index contributed by atoms with van der Waals surface area (Å²) in [5, 5.41) is 12.3. The molecule has 0 spiro atoms. The lowest BCUT2D eigenvalue weighted by atomic mass is 9.97. The summed E-state index contributed by atoms with van der Waals surface area (Å²) in [6.45, 7) is 3.29. The number of para-hydroxylation sites is 1. The van der Waals surface area contributed by atoms with E-state index in [4.69, 9.17) is 0 Å². The van der Waals surface area contributed by atoms with Crippen molar-refractivity contribution in [3.8, 4) is 0 Å². The Morgan fingerprint density at radius 1 is 1.07 bits per heavy atom. The summed E-state index contributed by atoms with van der Waals surface area (Å²) >= 11 is 1.31. The highest BCUT2D eigenvalue weighted by Gasteiger charge is 2.29. The lowest BCUT2D eigenvalue weighted by Crippen LogP contribution is -2.39. The van der Waals surface area contributed by atoms with Crippen molar-refractivity contribution in [2.75, 3.05) is 18.4 Å². The predicted molar refractivity (Wildman–Crippen MR) is 113 cm³/mol. The van der Waals surface area contributed by atoms with Crippen molar-refractivity contribution in [3.05, 3.63) is 75.7 Å². The molecule has 1 aromatic heterocycles. The molecule has 1 N–H and O–H groups in total. The van der Waals surface area contributed by atoms with E-state index in [0.717, 1.165) is 41.2 Å². The Labute approximate surface area is 173 Å². The third kappa shape index (κ3) is 4.35. The first-order valence-electron chi connectivity index (χ1n) is 9.66. The van der Waals surface area contributed by atoms with Gasteiger partial charge in [0.15, 0.2) is 0 Å². The number of rotatable bonds is 4. The minimum absolute atomic E-state index is 0.0550. The summed E-state index contributed by atoms with van der Waals surface area (Å²) in [6.07, 6.45) is 1.85. The molecule has 0 radical (unpaired) electrons. The number of benzene rings is 2. The maximum absolute atomic E-state index is 12.9. The predicted octanol–water partition coefficient (Wildman–Crippen LogP) is 4.12. The first kappa shape index (κ1) is 19.3. The minimum Gasteiger partial charge on any atom is -0.338 e. The van der Waals surface area contributed by atoms with Crippen LogP contribution >= 0.6 is 11.3 Å². The van der Waals surface area contributed by atoms with Crippen molar-refractivity contribution >= 4 is 28.8 Å².